The number of nitrogens with one attached hydrogen (secondary N) is 1. The van der Waals surface area contributed by atoms with E-state index in [1.54, 1.807) is 0 Å². The fourth-order valence-electron chi connectivity index (χ4n) is 1.85. The van der Waals surface area contributed by atoms with E-state index in [-0.39, 0.29) is 18.4 Å². The molecule has 0 saturated heterocycles. The number of carbonyl (C=O) groups is 2. The fourth-order valence-corrected chi connectivity index (χ4v) is 1.85. The molecule has 0 spiro atoms. The molecule has 0 radical (unpaired) electrons. The van der Waals surface area contributed by atoms with Crippen molar-refractivity contribution in [3.8, 4) is 0 Å². The zero-order chi connectivity index (χ0) is 15.0. The van der Waals surface area contributed by atoms with Crippen LogP contribution in [-0.2, 0) is 16.0 Å². The Balaban J connectivity index is 2.48. The normalized spacial score (nSPS) is 13.5. The SMILES string of the molecule is CCC(N)CC(=O)NC(CCc1ccccc1)C(=O)O. The molecule has 20 heavy (non-hydrogen) atoms. The third-order valence-corrected chi connectivity index (χ3v) is 3.17. The number of carboxylic acids is 1. The van der Waals surface area contributed by atoms with Gasteiger partial charge in [0.2, 0.25) is 5.91 Å². The van der Waals surface area contributed by atoms with Crippen LogP contribution >= 0.6 is 0 Å². The molecule has 0 bridgehead atoms. The minimum Gasteiger partial charge on any atom is -0.480 e. The Morgan fingerprint density at radius 3 is 2.50 bits per heavy atom. The van der Waals surface area contributed by atoms with Crippen LogP contribution in [0.1, 0.15) is 31.7 Å². The Labute approximate surface area is 119 Å². The van der Waals surface area contributed by atoms with Crippen LogP contribution in [0.5, 0.6) is 0 Å². The highest BCUT2D eigenvalue weighted by molar-refractivity contribution is 5.83. The molecule has 1 aromatic carbocycles. The van der Waals surface area contributed by atoms with Gasteiger partial charge in [0.05, 0.1) is 0 Å². The first kappa shape index (κ1) is 16.2. The summed E-state index contributed by atoms with van der Waals surface area (Å²) >= 11 is 0. The van der Waals surface area contributed by atoms with Crippen LogP contribution in [0.2, 0.25) is 0 Å². The highest BCUT2D eigenvalue weighted by Gasteiger charge is 2.20. The number of carbonyl (C=O) groups excluding carboxylic acids is 1. The molecular weight excluding hydrogens is 256 g/mol. The number of aliphatic carboxylic acids is 1. The van der Waals surface area contributed by atoms with E-state index in [0.717, 1.165) is 5.56 Å². The van der Waals surface area contributed by atoms with Gasteiger partial charge in [0.25, 0.3) is 0 Å². The maximum absolute atomic E-state index is 11.7. The molecule has 0 aliphatic rings. The summed E-state index contributed by atoms with van der Waals surface area (Å²) in [5, 5.41) is 11.7. The standard InChI is InChI=1S/C15H22N2O3/c1-2-12(16)10-14(18)17-13(15(19)20)9-8-11-6-4-3-5-7-11/h3-7,12-13H,2,8-10,16H2,1H3,(H,17,18)(H,19,20). The van der Waals surface area contributed by atoms with E-state index in [2.05, 4.69) is 5.32 Å². The van der Waals surface area contributed by atoms with Crippen molar-refractivity contribution < 1.29 is 14.7 Å². The van der Waals surface area contributed by atoms with Crippen molar-refractivity contribution in [2.45, 2.75) is 44.7 Å². The van der Waals surface area contributed by atoms with Gasteiger partial charge in [-0.3, -0.25) is 4.79 Å². The predicted octanol–water partition coefficient (Wildman–Crippen LogP) is 1.32. The van der Waals surface area contributed by atoms with Crippen LogP contribution in [0.25, 0.3) is 0 Å². The maximum atomic E-state index is 11.7. The van der Waals surface area contributed by atoms with Gasteiger partial charge in [-0.05, 0) is 24.8 Å². The van der Waals surface area contributed by atoms with Crippen molar-refractivity contribution in [2.24, 2.45) is 5.73 Å². The lowest BCUT2D eigenvalue weighted by Gasteiger charge is -2.16. The molecule has 5 heteroatoms. The zero-order valence-electron chi connectivity index (χ0n) is 11.7. The van der Waals surface area contributed by atoms with Gasteiger partial charge >= 0.3 is 5.97 Å². The lowest BCUT2D eigenvalue weighted by molar-refractivity contribution is -0.142. The van der Waals surface area contributed by atoms with E-state index in [1.807, 2.05) is 37.3 Å². The van der Waals surface area contributed by atoms with Gasteiger partial charge < -0.3 is 16.2 Å². The number of carboxylic acid groups (broad SMARTS) is 1. The van der Waals surface area contributed by atoms with Crippen LogP contribution in [0.3, 0.4) is 0 Å². The number of nitrogens with two attached hydrogens (primary N) is 1. The van der Waals surface area contributed by atoms with Crippen molar-refractivity contribution >= 4 is 11.9 Å². The van der Waals surface area contributed by atoms with Gasteiger partial charge in [-0.25, -0.2) is 4.79 Å². The molecule has 4 N–H and O–H groups in total. The summed E-state index contributed by atoms with van der Waals surface area (Å²) in [4.78, 5) is 22.8. The largest absolute Gasteiger partial charge is 0.480 e. The topological polar surface area (TPSA) is 92.4 Å². The maximum Gasteiger partial charge on any atom is 0.326 e. The third-order valence-electron chi connectivity index (χ3n) is 3.17. The predicted molar refractivity (Wildman–Crippen MR) is 77.2 cm³/mol. The van der Waals surface area contributed by atoms with Crippen molar-refractivity contribution in [1.82, 2.24) is 5.32 Å². The quantitative estimate of drug-likeness (QED) is 0.668. The number of hydrogen-bond donors (Lipinski definition) is 3. The molecule has 0 aliphatic carbocycles. The summed E-state index contributed by atoms with van der Waals surface area (Å²) in [6.45, 7) is 1.89. The molecular formula is C15H22N2O3. The summed E-state index contributed by atoms with van der Waals surface area (Å²) < 4.78 is 0. The lowest BCUT2D eigenvalue weighted by Crippen LogP contribution is -2.43. The molecule has 0 heterocycles. The van der Waals surface area contributed by atoms with Crippen molar-refractivity contribution in [3.05, 3.63) is 35.9 Å². The van der Waals surface area contributed by atoms with E-state index in [4.69, 9.17) is 10.8 Å². The molecule has 2 unspecified atom stereocenters. The van der Waals surface area contributed by atoms with Crippen LogP contribution in [0.4, 0.5) is 0 Å². The van der Waals surface area contributed by atoms with E-state index < -0.39 is 12.0 Å². The molecule has 0 aliphatic heterocycles. The van der Waals surface area contributed by atoms with Crippen molar-refractivity contribution in [3.63, 3.8) is 0 Å². The molecule has 0 saturated carbocycles. The Bertz CT molecular complexity index is 434. The average molecular weight is 278 g/mol. The summed E-state index contributed by atoms with van der Waals surface area (Å²) in [6, 6.07) is 8.51. The van der Waals surface area contributed by atoms with Gasteiger partial charge in [0, 0.05) is 12.5 Å². The Hall–Kier alpha value is -1.88. The average Bonchev–Trinajstić information content (AvgIpc) is 2.44. The van der Waals surface area contributed by atoms with Crippen LogP contribution in [0, 0.1) is 0 Å². The van der Waals surface area contributed by atoms with Gasteiger partial charge in [-0.1, -0.05) is 37.3 Å². The monoisotopic (exact) mass is 278 g/mol. The molecule has 0 aromatic heterocycles. The first-order valence-corrected chi connectivity index (χ1v) is 6.84. The van der Waals surface area contributed by atoms with E-state index >= 15 is 0 Å². The lowest BCUT2D eigenvalue weighted by atomic mass is 10.0. The van der Waals surface area contributed by atoms with Crippen molar-refractivity contribution in [1.29, 1.82) is 0 Å². The number of benzene rings is 1. The van der Waals surface area contributed by atoms with E-state index in [1.165, 1.54) is 0 Å². The first-order valence-electron chi connectivity index (χ1n) is 6.84. The number of hydrogen-bond acceptors (Lipinski definition) is 3. The summed E-state index contributed by atoms with van der Waals surface area (Å²) in [7, 11) is 0. The van der Waals surface area contributed by atoms with Crippen LogP contribution in [0.15, 0.2) is 30.3 Å². The Kier molecular flexibility index (Phi) is 6.73. The molecule has 1 amide bonds. The van der Waals surface area contributed by atoms with Gasteiger partial charge in [-0.2, -0.15) is 0 Å². The first-order chi connectivity index (χ1) is 9.52. The van der Waals surface area contributed by atoms with Crippen LogP contribution in [-0.4, -0.2) is 29.1 Å². The smallest absolute Gasteiger partial charge is 0.326 e. The number of aryl methyl sites for hydroxylation is 1. The molecule has 5 nitrogen and oxygen atoms in total. The molecule has 110 valence electrons. The Morgan fingerprint density at radius 1 is 1.30 bits per heavy atom. The summed E-state index contributed by atoms with van der Waals surface area (Å²) in [5.41, 5.74) is 6.74. The highest BCUT2D eigenvalue weighted by Crippen LogP contribution is 2.06. The third kappa shape index (κ3) is 5.84. The highest BCUT2D eigenvalue weighted by atomic mass is 16.4. The molecule has 1 rings (SSSR count). The number of amides is 1. The van der Waals surface area contributed by atoms with Gasteiger partial charge in [0.1, 0.15) is 6.04 Å². The van der Waals surface area contributed by atoms with E-state index in [0.29, 0.717) is 19.3 Å². The minimum absolute atomic E-state index is 0.158. The minimum atomic E-state index is -1.01. The van der Waals surface area contributed by atoms with E-state index in [9.17, 15) is 9.59 Å². The van der Waals surface area contributed by atoms with Gasteiger partial charge in [-0.15, -0.1) is 0 Å². The second kappa shape index (κ2) is 8.32. The molecule has 1 aromatic rings. The number of rotatable bonds is 8. The molecule has 2 atom stereocenters. The fraction of sp³-hybridized carbons (Fsp3) is 0.467. The Morgan fingerprint density at radius 2 is 1.95 bits per heavy atom. The van der Waals surface area contributed by atoms with Crippen molar-refractivity contribution in [2.75, 3.05) is 0 Å². The van der Waals surface area contributed by atoms with Crippen LogP contribution < -0.4 is 11.1 Å². The summed E-state index contributed by atoms with van der Waals surface area (Å²) in [6.07, 6.45) is 1.82. The molecule has 0 fully saturated rings. The second-order valence-electron chi connectivity index (χ2n) is 4.86. The summed E-state index contributed by atoms with van der Waals surface area (Å²) in [5.74, 6) is -1.32. The zero-order valence-corrected chi connectivity index (χ0v) is 11.7. The van der Waals surface area contributed by atoms with Gasteiger partial charge in [0.15, 0.2) is 0 Å². The second-order valence-corrected chi connectivity index (χ2v) is 4.86.